The molecule has 5 rings (SSSR count). The predicted octanol–water partition coefficient (Wildman–Crippen LogP) is -0.202. The summed E-state index contributed by atoms with van der Waals surface area (Å²) in [6.07, 6.45) is 1.61. The number of aliphatic carboxylic acids is 2. The first-order chi connectivity index (χ1) is 19.3. The number of hydrogen-bond acceptors (Lipinski definition) is 13. The highest BCUT2D eigenvalue weighted by Crippen LogP contribution is 2.44. The monoisotopic (exact) mass is 603 g/mol. The van der Waals surface area contributed by atoms with E-state index < -0.39 is 46.5 Å². The Morgan fingerprint density at radius 3 is 2.54 bits per heavy atom. The van der Waals surface area contributed by atoms with Gasteiger partial charge in [-0.2, -0.15) is 0 Å². The maximum absolute atomic E-state index is 13.3. The van der Waals surface area contributed by atoms with Crippen molar-refractivity contribution < 1.29 is 34.2 Å². The minimum absolute atomic E-state index is 0.00286. The zero-order chi connectivity index (χ0) is 29.8. The van der Waals surface area contributed by atoms with Crippen LogP contribution in [-0.2, 0) is 24.0 Å². The normalized spacial score (nSPS) is 20.8. The summed E-state index contributed by atoms with van der Waals surface area (Å²) in [4.78, 5) is 64.9. The molecular weight excluding hydrogens is 578 g/mol. The Hall–Kier alpha value is -4.45. The molecule has 4 heterocycles. The number of nitrogens with zero attached hydrogens (tertiary/aromatic N) is 5. The summed E-state index contributed by atoms with van der Waals surface area (Å²) >= 11 is 2.22. The number of carbonyl (C=O) groups is 4. The maximum Gasteiger partial charge on any atom is 0.353 e. The summed E-state index contributed by atoms with van der Waals surface area (Å²) in [7, 11) is 0. The molecule has 1 aliphatic carbocycles. The number of carboxylic acid groups (broad SMARTS) is 2. The van der Waals surface area contributed by atoms with Gasteiger partial charge >= 0.3 is 11.9 Å². The van der Waals surface area contributed by atoms with Crippen LogP contribution in [0, 0.1) is 5.41 Å². The number of aromatic nitrogens is 3. The van der Waals surface area contributed by atoms with Crippen molar-refractivity contribution in [3.63, 3.8) is 0 Å². The van der Waals surface area contributed by atoms with E-state index in [2.05, 4.69) is 20.4 Å². The second kappa shape index (κ2) is 10.2. The number of amides is 2. The highest BCUT2D eigenvalue weighted by Gasteiger charge is 2.55. The average molecular weight is 604 g/mol. The Labute approximate surface area is 239 Å². The van der Waals surface area contributed by atoms with Gasteiger partial charge in [0.1, 0.15) is 39.9 Å². The second-order valence-electron chi connectivity index (χ2n) is 9.90. The average Bonchev–Trinajstić information content (AvgIpc) is 3.64. The molecule has 2 aromatic heterocycles. The van der Waals surface area contributed by atoms with Crippen LogP contribution in [0.5, 0.6) is 0 Å². The molecule has 18 heteroatoms. The van der Waals surface area contributed by atoms with Crippen LogP contribution >= 0.6 is 23.1 Å². The predicted molar refractivity (Wildman–Crippen MR) is 146 cm³/mol. The molecule has 0 spiro atoms. The first-order valence-electron chi connectivity index (χ1n) is 12.2. The molecule has 216 valence electrons. The van der Waals surface area contributed by atoms with Crippen LogP contribution in [0.2, 0.25) is 0 Å². The van der Waals surface area contributed by atoms with E-state index in [4.69, 9.17) is 21.7 Å². The topological polar surface area (TPSA) is 252 Å². The van der Waals surface area contributed by atoms with E-state index in [0.29, 0.717) is 0 Å². The molecule has 2 atom stereocenters. The molecule has 1 unspecified atom stereocenters. The van der Waals surface area contributed by atoms with E-state index in [9.17, 15) is 29.4 Å². The van der Waals surface area contributed by atoms with Crippen molar-refractivity contribution >= 4 is 69.1 Å². The third-order valence-electron chi connectivity index (χ3n) is 6.51. The fourth-order valence-electron chi connectivity index (χ4n) is 4.25. The third kappa shape index (κ3) is 5.10. The van der Waals surface area contributed by atoms with Crippen molar-refractivity contribution in [2.75, 3.05) is 17.2 Å². The van der Waals surface area contributed by atoms with E-state index in [1.54, 1.807) is 4.57 Å². The van der Waals surface area contributed by atoms with E-state index in [1.807, 2.05) is 0 Å². The van der Waals surface area contributed by atoms with Gasteiger partial charge < -0.3 is 36.4 Å². The minimum Gasteiger partial charge on any atom is -0.478 e. The van der Waals surface area contributed by atoms with Crippen molar-refractivity contribution in [3.8, 4) is 0 Å². The second-order valence-corrected chi connectivity index (χ2v) is 11.9. The van der Waals surface area contributed by atoms with Crippen molar-refractivity contribution in [1.29, 1.82) is 5.41 Å². The van der Waals surface area contributed by atoms with Crippen LogP contribution in [-0.4, -0.2) is 81.9 Å². The molecule has 16 nitrogen and oxygen atoms in total. The molecule has 0 bridgehead atoms. The number of thioether (sulfide) groups is 1. The van der Waals surface area contributed by atoms with Crippen LogP contribution in [0.4, 0.5) is 10.9 Å². The first kappa shape index (κ1) is 28.1. The van der Waals surface area contributed by atoms with Crippen molar-refractivity contribution in [3.05, 3.63) is 34.1 Å². The quantitative estimate of drug-likeness (QED) is 0.124. The Balaban J connectivity index is 1.44. The Morgan fingerprint density at radius 2 is 1.95 bits per heavy atom. The van der Waals surface area contributed by atoms with Gasteiger partial charge in [-0.25, -0.2) is 19.6 Å². The largest absolute Gasteiger partial charge is 0.478 e. The lowest BCUT2D eigenvalue weighted by Gasteiger charge is -2.49. The number of carbonyl (C=O) groups excluding carboxylic acids is 2. The lowest BCUT2D eigenvalue weighted by molar-refractivity contribution is -0.161. The van der Waals surface area contributed by atoms with Gasteiger partial charge in [-0.05, 0) is 26.7 Å². The first-order valence-corrected chi connectivity index (χ1v) is 14.1. The van der Waals surface area contributed by atoms with Gasteiger partial charge in [-0.15, -0.1) is 23.1 Å². The van der Waals surface area contributed by atoms with Gasteiger partial charge in [0.05, 0.1) is 0 Å². The number of β-lactam (4-membered cyclic amide) rings is 1. The van der Waals surface area contributed by atoms with Crippen LogP contribution in [0.25, 0.3) is 5.57 Å². The fraction of sp³-hybridized carbons (Fsp3) is 0.391. The Morgan fingerprint density at radius 1 is 1.24 bits per heavy atom. The lowest BCUT2D eigenvalue weighted by atomic mass is 10.0. The summed E-state index contributed by atoms with van der Waals surface area (Å²) in [6.45, 7) is 2.47. The molecule has 2 aromatic rings. The van der Waals surface area contributed by atoms with Gasteiger partial charge in [0.15, 0.2) is 10.8 Å². The SMILES string of the molecule is CC(C)(O/N=C(\C(=O)NC1C(=O)N2C(C(=O)O)=C(c3nc(N)cc(=N)n3C3CC3)CS[C@H]12)c1csc(N)n1)C(=O)O. The van der Waals surface area contributed by atoms with Gasteiger partial charge in [0.2, 0.25) is 5.60 Å². The Bertz CT molecular complexity index is 1610. The summed E-state index contributed by atoms with van der Waals surface area (Å²) in [6, 6.07) is 0.243. The van der Waals surface area contributed by atoms with Gasteiger partial charge in [-0.1, -0.05) is 5.16 Å². The molecule has 41 heavy (non-hydrogen) atoms. The lowest BCUT2D eigenvalue weighted by Crippen LogP contribution is -2.71. The number of nitrogens with one attached hydrogen (secondary N) is 2. The standard InChI is InChI=1S/C23H25N9O7S2/c1-23(2,21(37)38)39-30-13(10-7-41-22(26)27-10)17(33)29-14-18(34)32-15(20(35)36)9(6-40-19(14)32)16-28-11(24)5-12(25)31(16)8-3-4-8/h5,7-8,14,19,25H,3-4,6,24H2,1-2H3,(H2,26,27)(H,29,33)(H,35,36)(H,37,38)/b25-12?,30-13-/t14?,19-/m1/s1. The van der Waals surface area contributed by atoms with Crippen LogP contribution < -0.4 is 22.3 Å². The molecule has 0 aromatic carbocycles. The molecule has 2 amide bonds. The number of nitrogen functional groups attached to an aromatic ring is 2. The number of rotatable bonds is 9. The third-order valence-corrected chi connectivity index (χ3v) is 8.46. The number of thiazole rings is 1. The minimum atomic E-state index is -1.78. The van der Waals surface area contributed by atoms with Crippen LogP contribution in [0.3, 0.4) is 0 Å². The van der Waals surface area contributed by atoms with Gasteiger partial charge in [0.25, 0.3) is 11.8 Å². The van der Waals surface area contributed by atoms with E-state index >= 15 is 0 Å². The number of oxime groups is 1. The highest BCUT2D eigenvalue weighted by molar-refractivity contribution is 8.00. The summed E-state index contributed by atoms with van der Waals surface area (Å²) in [5, 5.41) is 34.8. The number of carboxylic acids is 2. The van der Waals surface area contributed by atoms with E-state index in [-0.39, 0.29) is 51.0 Å². The fourth-order valence-corrected chi connectivity index (χ4v) is 6.13. The zero-order valence-electron chi connectivity index (χ0n) is 21.7. The number of hydrogen-bond donors (Lipinski definition) is 6. The Kier molecular flexibility index (Phi) is 6.98. The molecular formula is C23H25N9O7S2. The maximum atomic E-state index is 13.3. The summed E-state index contributed by atoms with van der Waals surface area (Å²) < 4.78 is 1.62. The molecule has 1 saturated heterocycles. The summed E-state index contributed by atoms with van der Waals surface area (Å²) in [5.41, 5.74) is 9.41. The number of fused-ring (bicyclic) bond motifs is 1. The molecule has 8 N–H and O–H groups in total. The molecule has 0 radical (unpaired) electrons. The van der Waals surface area contributed by atoms with Crippen LogP contribution in [0.15, 0.2) is 22.3 Å². The smallest absolute Gasteiger partial charge is 0.353 e. The van der Waals surface area contributed by atoms with E-state index in [0.717, 1.165) is 29.1 Å². The van der Waals surface area contributed by atoms with Gasteiger partial charge in [0, 0.05) is 28.8 Å². The number of anilines is 2. The van der Waals surface area contributed by atoms with Crippen LogP contribution in [0.1, 0.15) is 44.2 Å². The molecule has 2 fully saturated rings. The molecule has 2 aliphatic heterocycles. The highest BCUT2D eigenvalue weighted by atomic mass is 32.2. The zero-order valence-corrected chi connectivity index (χ0v) is 23.3. The molecule has 1 saturated carbocycles. The van der Waals surface area contributed by atoms with E-state index in [1.165, 1.54) is 37.1 Å². The van der Waals surface area contributed by atoms with Crippen molar-refractivity contribution in [2.24, 2.45) is 5.16 Å². The number of nitrogens with two attached hydrogens (primary N) is 2. The van der Waals surface area contributed by atoms with Gasteiger partial charge in [-0.3, -0.25) is 19.9 Å². The summed E-state index contributed by atoms with van der Waals surface area (Å²) in [5.74, 6) is -3.91. The van der Waals surface area contributed by atoms with Crippen molar-refractivity contribution in [2.45, 2.75) is 49.7 Å². The molecule has 3 aliphatic rings. The van der Waals surface area contributed by atoms with Crippen molar-refractivity contribution in [1.82, 2.24) is 24.8 Å².